The van der Waals surface area contributed by atoms with Crippen molar-refractivity contribution in [1.29, 1.82) is 0 Å². The van der Waals surface area contributed by atoms with Crippen LogP contribution in [-0.2, 0) is 18.3 Å². The van der Waals surface area contributed by atoms with Crippen LogP contribution in [0.2, 0.25) is 0 Å². The molecule has 0 amide bonds. The van der Waals surface area contributed by atoms with Crippen molar-refractivity contribution in [3.05, 3.63) is 71.5 Å². The first-order valence-corrected chi connectivity index (χ1v) is 14.0. The number of aryl methyl sites for hydroxylation is 2. The number of fused-ring (bicyclic) bond motifs is 1. The number of benzene rings is 2. The van der Waals surface area contributed by atoms with Crippen LogP contribution in [-0.4, -0.2) is 44.9 Å². The van der Waals surface area contributed by atoms with Crippen molar-refractivity contribution in [1.82, 2.24) is 19.4 Å². The average molecular weight is 526 g/mol. The quantitative estimate of drug-likeness (QED) is 0.260. The molecule has 1 fully saturated rings. The molecule has 0 unspecified atom stereocenters. The number of rotatable bonds is 9. The van der Waals surface area contributed by atoms with Gasteiger partial charge in [-0.3, -0.25) is 14.7 Å². The van der Waals surface area contributed by atoms with E-state index in [-0.39, 0.29) is 5.78 Å². The third kappa shape index (κ3) is 6.48. The molecule has 7 nitrogen and oxygen atoms in total. The van der Waals surface area contributed by atoms with E-state index in [1.165, 1.54) is 11.1 Å². The molecule has 0 aliphatic carbocycles. The van der Waals surface area contributed by atoms with E-state index in [1.54, 1.807) is 6.20 Å². The molecule has 2 aromatic carbocycles. The summed E-state index contributed by atoms with van der Waals surface area (Å²) in [5, 5.41) is 3.48. The third-order valence-corrected chi connectivity index (χ3v) is 7.69. The smallest absolute Gasteiger partial charge is 0.208 e. The number of ether oxygens (including phenoxy) is 1. The molecule has 204 valence electrons. The molecule has 4 aromatic rings. The molecular formula is C32H39N5O2. The van der Waals surface area contributed by atoms with E-state index in [0.29, 0.717) is 30.4 Å². The monoisotopic (exact) mass is 525 g/mol. The lowest BCUT2D eigenvalue weighted by atomic mass is 9.97. The van der Waals surface area contributed by atoms with Crippen LogP contribution in [0.1, 0.15) is 56.4 Å². The summed E-state index contributed by atoms with van der Waals surface area (Å²) in [6.07, 6.45) is 4.35. The lowest BCUT2D eigenvalue weighted by Crippen LogP contribution is -2.37. The predicted octanol–water partition coefficient (Wildman–Crippen LogP) is 6.78. The summed E-state index contributed by atoms with van der Waals surface area (Å²) in [6, 6.07) is 16.0. The summed E-state index contributed by atoms with van der Waals surface area (Å²) in [7, 11) is 2.01. The van der Waals surface area contributed by atoms with Gasteiger partial charge in [0.25, 0.3) is 0 Å². The van der Waals surface area contributed by atoms with Gasteiger partial charge in [0.15, 0.2) is 5.78 Å². The molecule has 2 aromatic heterocycles. The van der Waals surface area contributed by atoms with E-state index in [2.05, 4.69) is 61.1 Å². The molecule has 0 spiro atoms. The zero-order chi connectivity index (χ0) is 27.5. The Morgan fingerprint density at radius 3 is 2.62 bits per heavy atom. The lowest BCUT2D eigenvalue weighted by Gasteiger charge is -2.29. The van der Waals surface area contributed by atoms with E-state index >= 15 is 0 Å². The second kappa shape index (κ2) is 11.6. The average Bonchev–Trinajstić information content (AvgIpc) is 3.20. The maximum Gasteiger partial charge on any atom is 0.208 e. The molecule has 0 radical (unpaired) electrons. The number of nitrogens with one attached hydrogen (secondary N) is 1. The van der Waals surface area contributed by atoms with Gasteiger partial charge in [0.2, 0.25) is 5.95 Å². The SMILES string of the molecule is Cc1ccc(Nc2nc3cc(Oc4ccnc(CC(=O)CN5CCC(C)CC5)c4)ccc3n2C)cc1C(C)C. The van der Waals surface area contributed by atoms with Gasteiger partial charge in [-0.2, -0.15) is 0 Å². The molecule has 0 bridgehead atoms. The van der Waals surface area contributed by atoms with E-state index in [4.69, 9.17) is 9.72 Å². The van der Waals surface area contributed by atoms with Crippen molar-refractivity contribution < 1.29 is 9.53 Å². The van der Waals surface area contributed by atoms with Crippen molar-refractivity contribution in [2.45, 2.75) is 52.9 Å². The molecule has 0 atom stereocenters. The number of imidazole rings is 1. The van der Waals surface area contributed by atoms with Crippen molar-refractivity contribution in [2.75, 3.05) is 25.0 Å². The Bertz CT molecular complexity index is 1470. The number of piperidine rings is 1. The first-order chi connectivity index (χ1) is 18.7. The Hall–Kier alpha value is -3.71. The summed E-state index contributed by atoms with van der Waals surface area (Å²) >= 11 is 0. The van der Waals surface area contributed by atoms with E-state index < -0.39 is 0 Å². The van der Waals surface area contributed by atoms with Crippen LogP contribution in [0.15, 0.2) is 54.7 Å². The number of carbonyl (C=O) groups excluding carboxylic acids is 1. The summed E-state index contributed by atoms with van der Waals surface area (Å²) < 4.78 is 8.21. The highest BCUT2D eigenvalue weighted by molar-refractivity contribution is 5.83. The molecule has 0 saturated carbocycles. The van der Waals surface area contributed by atoms with Gasteiger partial charge in [-0.05, 0) is 86.1 Å². The number of aromatic nitrogens is 3. The zero-order valence-corrected chi connectivity index (χ0v) is 23.7. The number of hydrogen-bond donors (Lipinski definition) is 1. The minimum atomic E-state index is 0.193. The highest BCUT2D eigenvalue weighted by Gasteiger charge is 2.18. The van der Waals surface area contributed by atoms with E-state index in [1.807, 2.05) is 41.9 Å². The van der Waals surface area contributed by atoms with Crippen LogP contribution < -0.4 is 10.1 Å². The number of anilines is 2. The van der Waals surface area contributed by atoms with Crippen LogP contribution in [0, 0.1) is 12.8 Å². The summed E-state index contributed by atoms with van der Waals surface area (Å²) in [5.74, 6) is 3.53. The zero-order valence-electron chi connectivity index (χ0n) is 23.7. The van der Waals surface area contributed by atoms with Crippen molar-refractivity contribution in [2.24, 2.45) is 13.0 Å². The van der Waals surface area contributed by atoms with Gasteiger partial charge in [-0.15, -0.1) is 0 Å². The summed E-state index contributed by atoms with van der Waals surface area (Å²) in [5.41, 5.74) is 6.22. The Labute approximate surface area is 231 Å². The van der Waals surface area contributed by atoms with Gasteiger partial charge < -0.3 is 14.6 Å². The molecule has 1 aliphatic heterocycles. The second-order valence-corrected chi connectivity index (χ2v) is 11.3. The van der Waals surface area contributed by atoms with Crippen molar-refractivity contribution >= 4 is 28.5 Å². The minimum Gasteiger partial charge on any atom is -0.457 e. The van der Waals surface area contributed by atoms with Gasteiger partial charge in [0.1, 0.15) is 11.5 Å². The number of likely N-dealkylation sites (tertiary alicyclic amines) is 1. The standard InChI is InChI=1S/C32H39N5O2/c1-21(2)29-18-24(7-6-23(29)4)34-32-35-30-19-27(8-9-31(30)36(32)5)39-28-10-13-33-25(17-28)16-26(38)20-37-14-11-22(3)12-15-37/h6-10,13,17-19,21-22H,11-12,14-16,20H2,1-5H3,(H,34,35). The van der Waals surface area contributed by atoms with Crippen LogP contribution in [0.5, 0.6) is 11.5 Å². The Kier molecular flexibility index (Phi) is 7.98. The van der Waals surface area contributed by atoms with Crippen molar-refractivity contribution in [3.63, 3.8) is 0 Å². The summed E-state index contributed by atoms with van der Waals surface area (Å²) in [4.78, 5) is 24.2. The maximum absolute atomic E-state index is 12.7. The molecule has 1 saturated heterocycles. The Morgan fingerprint density at radius 2 is 1.85 bits per heavy atom. The molecule has 1 N–H and O–H groups in total. The molecule has 1 aliphatic rings. The Balaban J connectivity index is 1.26. The van der Waals surface area contributed by atoms with Gasteiger partial charge in [-0.1, -0.05) is 26.8 Å². The number of hydrogen-bond acceptors (Lipinski definition) is 6. The van der Waals surface area contributed by atoms with Crippen molar-refractivity contribution in [3.8, 4) is 11.5 Å². The number of pyridine rings is 1. The minimum absolute atomic E-state index is 0.193. The molecular weight excluding hydrogens is 486 g/mol. The molecule has 39 heavy (non-hydrogen) atoms. The van der Waals surface area contributed by atoms with Crippen LogP contribution in [0.3, 0.4) is 0 Å². The first kappa shape index (κ1) is 26.9. The van der Waals surface area contributed by atoms with Gasteiger partial charge in [-0.25, -0.2) is 4.98 Å². The number of carbonyl (C=O) groups is 1. The highest BCUT2D eigenvalue weighted by Crippen LogP contribution is 2.29. The molecule has 5 rings (SSSR count). The van der Waals surface area contributed by atoms with Gasteiger partial charge >= 0.3 is 0 Å². The van der Waals surface area contributed by atoms with Crippen LogP contribution >= 0.6 is 0 Å². The largest absolute Gasteiger partial charge is 0.457 e. The van der Waals surface area contributed by atoms with Gasteiger partial charge in [0, 0.05) is 31.1 Å². The van der Waals surface area contributed by atoms with E-state index in [9.17, 15) is 4.79 Å². The lowest BCUT2D eigenvalue weighted by molar-refractivity contribution is -0.119. The van der Waals surface area contributed by atoms with Crippen LogP contribution in [0.4, 0.5) is 11.6 Å². The number of Topliss-reactive ketones (excluding diaryl/α,β-unsaturated/α-hetero) is 1. The topological polar surface area (TPSA) is 72.3 Å². The second-order valence-electron chi connectivity index (χ2n) is 11.3. The Morgan fingerprint density at radius 1 is 1.08 bits per heavy atom. The fourth-order valence-electron chi connectivity index (χ4n) is 5.30. The fraction of sp³-hybridized carbons (Fsp3) is 0.406. The normalized spacial score (nSPS) is 14.7. The molecule has 7 heteroatoms. The van der Waals surface area contributed by atoms with E-state index in [0.717, 1.165) is 60.2 Å². The van der Waals surface area contributed by atoms with Crippen LogP contribution in [0.25, 0.3) is 11.0 Å². The molecule has 3 heterocycles. The highest BCUT2D eigenvalue weighted by atomic mass is 16.5. The summed E-state index contributed by atoms with van der Waals surface area (Å²) in [6.45, 7) is 11.3. The third-order valence-electron chi connectivity index (χ3n) is 7.69. The maximum atomic E-state index is 12.7. The fourth-order valence-corrected chi connectivity index (χ4v) is 5.30. The number of ketones is 1. The predicted molar refractivity (Wildman–Crippen MR) is 157 cm³/mol. The first-order valence-electron chi connectivity index (χ1n) is 14.0. The number of nitrogens with zero attached hydrogens (tertiary/aromatic N) is 4. The van der Waals surface area contributed by atoms with Gasteiger partial charge in [0.05, 0.1) is 29.7 Å².